The minimum atomic E-state index is -0.769. The van der Waals surface area contributed by atoms with Gasteiger partial charge in [0.1, 0.15) is 5.82 Å². The number of hydrogen-bond acceptors (Lipinski definition) is 3. The molecule has 206 valence electrons. The maximum Gasteiger partial charge on any atom is 0.164 e. The van der Waals surface area contributed by atoms with Gasteiger partial charge in [-0.1, -0.05) is 96.7 Å². The summed E-state index contributed by atoms with van der Waals surface area (Å²) in [6, 6.07) is -2.45. The predicted molar refractivity (Wildman–Crippen MR) is 179 cm³/mol. The van der Waals surface area contributed by atoms with Gasteiger partial charge in [0.05, 0.1) is 63.6 Å². The van der Waals surface area contributed by atoms with Gasteiger partial charge in [-0.2, -0.15) is 0 Å². The number of aromatic nitrogens is 5. The van der Waals surface area contributed by atoms with Crippen LogP contribution < -0.4 is 0 Å². The highest BCUT2D eigenvalue weighted by Gasteiger charge is 2.20. The minimum absolute atomic E-state index is 0.0229. The highest BCUT2D eigenvalue weighted by molar-refractivity contribution is 6.09. The van der Waals surface area contributed by atoms with E-state index in [-0.39, 0.29) is 50.3 Å². The van der Waals surface area contributed by atoms with Crippen molar-refractivity contribution >= 4 is 43.7 Å². The first-order valence-electron chi connectivity index (χ1n) is 22.3. The largest absolute Gasteiger partial charge is 0.307 e. The van der Waals surface area contributed by atoms with Gasteiger partial charge in [0, 0.05) is 39.5 Å². The van der Waals surface area contributed by atoms with Crippen LogP contribution in [0.1, 0.15) is 24.7 Å². The van der Waals surface area contributed by atoms with Crippen molar-refractivity contribution in [2.45, 2.75) is 0 Å². The molecular weight excluding hydrogens is 538 g/mol. The van der Waals surface area contributed by atoms with Crippen LogP contribution in [0.4, 0.5) is 0 Å². The number of benzene rings is 5. The maximum atomic E-state index is 9.64. The second-order valence-corrected chi connectivity index (χ2v) is 9.57. The first kappa shape index (κ1) is 12.7. The number of rotatable bonds is 4. The summed E-state index contributed by atoms with van der Waals surface area (Å²) < 4.78 is 160. The molecule has 9 rings (SSSR count). The Bertz CT molecular complexity index is 3420. The molecule has 4 heterocycles. The zero-order valence-corrected chi connectivity index (χ0v) is 22.3. The highest BCUT2D eigenvalue weighted by atomic mass is 15.1. The molecule has 5 aromatic carbocycles. The molecule has 4 aromatic heterocycles. The summed E-state index contributed by atoms with van der Waals surface area (Å²) in [6.07, 6.45) is 1.46. The van der Waals surface area contributed by atoms with E-state index in [0.29, 0.717) is 5.52 Å². The molecule has 0 fully saturated rings. The number of pyridine rings is 1. The molecule has 0 N–H and O–H groups in total. The molecule has 0 saturated heterocycles. The number of hydrogen-bond donors (Lipinski definition) is 0. The van der Waals surface area contributed by atoms with Crippen LogP contribution in [0.15, 0.2) is 151 Å². The second-order valence-electron chi connectivity index (χ2n) is 9.57. The molecule has 0 aliphatic carbocycles. The lowest BCUT2D eigenvalue weighted by atomic mass is 10.1. The van der Waals surface area contributed by atoms with Crippen molar-refractivity contribution in [3.05, 3.63) is 151 Å². The van der Waals surface area contributed by atoms with E-state index in [9.17, 15) is 1.37 Å². The quantitative estimate of drug-likeness (QED) is 0.208. The molecule has 0 aliphatic heterocycles. The Hall–Kier alpha value is -6.07. The molecule has 0 saturated carbocycles. The van der Waals surface area contributed by atoms with Crippen LogP contribution in [0.2, 0.25) is 0 Å². The van der Waals surface area contributed by atoms with Crippen molar-refractivity contribution in [3.8, 4) is 34.2 Å². The van der Waals surface area contributed by atoms with Crippen LogP contribution in [0.5, 0.6) is 0 Å². The number of fused-ring (bicyclic) bond motifs is 6. The average molecular weight is 582 g/mol. The van der Waals surface area contributed by atoms with Crippen molar-refractivity contribution in [3.63, 3.8) is 0 Å². The zero-order valence-electron chi connectivity index (χ0n) is 40.3. The van der Waals surface area contributed by atoms with Gasteiger partial charge >= 0.3 is 0 Å². The van der Waals surface area contributed by atoms with Crippen LogP contribution >= 0.6 is 0 Å². The zero-order chi connectivity index (χ0) is 44.7. The molecule has 0 amide bonds. The Morgan fingerprint density at radius 2 is 1.18 bits per heavy atom. The summed E-state index contributed by atoms with van der Waals surface area (Å²) in [5, 5.41) is -0.554. The summed E-state index contributed by atoms with van der Waals surface area (Å²) in [5.74, 6) is -0.891. The van der Waals surface area contributed by atoms with Crippen LogP contribution in [0.3, 0.4) is 0 Å². The van der Waals surface area contributed by atoms with Crippen molar-refractivity contribution in [1.82, 2.24) is 24.1 Å². The molecule has 0 atom stereocenters. The Morgan fingerprint density at radius 3 is 1.93 bits per heavy atom. The highest BCUT2D eigenvalue weighted by Crippen LogP contribution is 2.37. The van der Waals surface area contributed by atoms with E-state index in [1.165, 1.54) is 16.8 Å². The monoisotopic (exact) mass is 581 g/mol. The first-order chi connectivity index (χ1) is 29.3. The van der Waals surface area contributed by atoms with Crippen LogP contribution in [-0.4, -0.2) is 24.1 Å². The Balaban J connectivity index is 1.52. The molecule has 5 heteroatoms. The fraction of sp³-hybridized carbons (Fsp3) is 0. The van der Waals surface area contributed by atoms with Crippen molar-refractivity contribution in [2.24, 2.45) is 0 Å². The molecule has 9 aromatic rings. The second kappa shape index (κ2) is 9.75. The normalized spacial score (nSPS) is 17.4. The average Bonchev–Trinajstić information content (AvgIpc) is 3.81. The number of para-hydroxylation sites is 4. The van der Waals surface area contributed by atoms with Gasteiger partial charge in [0.15, 0.2) is 5.82 Å². The molecule has 0 radical (unpaired) electrons. The summed E-state index contributed by atoms with van der Waals surface area (Å²) in [6.45, 7) is 0. The molecule has 44 heavy (non-hydrogen) atoms. The first-order valence-corrected chi connectivity index (χ1v) is 13.3. The molecule has 5 nitrogen and oxygen atoms in total. The lowest BCUT2D eigenvalue weighted by molar-refractivity contribution is 1.04. The van der Waals surface area contributed by atoms with Gasteiger partial charge in [0.2, 0.25) is 0 Å². The molecule has 0 unspecified atom stereocenters. The van der Waals surface area contributed by atoms with Gasteiger partial charge in [-0.15, -0.1) is 0 Å². The van der Waals surface area contributed by atoms with E-state index in [2.05, 4.69) is 9.97 Å². The molecule has 0 bridgehead atoms. The maximum absolute atomic E-state index is 9.64. The van der Waals surface area contributed by atoms with E-state index < -0.39 is 131 Å². The van der Waals surface area contributed by atoms with E-state index in [1.54, 1.807) is 30.3 Å². The van der Waals surface area contributed by atoms with Crippen LogP contribution in [0, 0.1) is 0 Å². The smallest absolute Gasteiger partial charge is 0.164 e. The Labute approximate surface area is 278 Å². The fourth-order valence-electron chi connectivity index (χ4n) is 5.38. The SMILES string of the molecule is [2H]c1c(-c2c([2H])c([2H])c([2H])c([2H])c2[2H])nc(-c2ccccc2-n2c3cccnc3c3c([2H])c([2H])c([2H])c([2H])c32)nc1-n1c2c([2H])c([2H])c([2H])c([2H])c2c2c([2H])c([2H])c([2H])c([2H])c21. The topological polar surface area (TPSA) is 48.5 Å². The van der Waals surface area contributed by atoms with Gasteiger partial charge < -0.3 is 4.57 Å². The van der Waals surface area contributed by atoms with Crippen molar-refractivity contribution in [2.75, 3.05) is 0 Å². The summed E-state index contributed by atoms with van der Waals surface area (Å²) in [4.78, 5) is 13.9. The van der Waals surface area contributed by atoms with E-state index in [1.807, 2.05) is 0 Å². The van der Waals surface area contributed by atoms with Gasteiger partial charge in [-0.05, 0) is 42.4 Å². The Kier molecular flexibility index (Phi) is 2.80. The number of nitrogens with zero attached hydrogens (tertiary/aromatic N) is 5. The van der Waals surface area contributed by atoms with Gasteiger partial charge in [-0.25, -0.2) is 9.97 Å². The third-order valence-corrected chi connectivity index (χ3v) is 7.18. The van der Waals surface area contributed by atoms with Crippen molar-refractivity contribution in [1.29, 1.82) is 0 Å². The molecular formula is C39H25N5. The molecule has 0 spiro atoms. The van der Waals surface area contributed by atoms with Crippen molar-refractivity contribution < 1.29 is 24.7 Å². The predicted octanol–water partition coefficient (Wildman–Crippen LogP) is 9.40. The summed E-state index contributed by atoms with van der Waals surface area (Å²) in [7, 11) is 0. The minimum Gasteiger partial charge on any atom is -0.307 e. The lowest BCUT2D eigenvalue weighted by Gasteiger charge is -2.15. The third kappa shape index (κ3) is 3.69. The fourth-order valence-corrected chi connectivity index (χ4v) is 5.38. The van der Waals surface area contributed by atoms with Gasteiger partial charge in [-0.3, -0.25) is 9.55 Å². The lowest BCUT2D eigenvalue weighted by Crippen LogP contribution is -2.04. The van der Waals surface area contributed by atoms with E-state index in [0.717, 1.165) is 4.57 Å². The van der Waals surface area contributed by atoms with E-state index >= 15 is 0 Å². The molecule has 0 aliphatic rings. The summed E-state index contributed by atoms with van der Waals surface area (Å²) >= 11 is 0. The van der Waals surface area contributed by atoms with E-state index in [4.69, 9.17) is 28.3 Å². The van der Waals surface area contributed by atoms with Gasteiger partial charge in [0.25, 0.3) is 0 Å². The standard InChI is InChI=1S/C39H25N5/c1-2-13-26(14-3-1)31-25-37(44-32-19-8-4-15-27(32)28-16-5-9-20-33(28)44)42-39(41-31)30-18-7-11-22-35(30)43-34-21-10-6-17-29(34)38-36(43)23-12-24-40-38/h1-25H/i1D,2D,3D,4D,5D,6D,8D,9D,10D,13D,14D,15D,16D,17D,19D,20D,21D,25D. The summed E-state index contributed by atoms with van der Waals surface area (Å²) in [5.41, 5.74) is -1.06. The van der Waals surface area contributed by atoms with Crippen LogP contribution in [0.25, 0.3) is 77.9 Å². The van der Waals surface area contributed by atoms with Crippen LogP contribution in [-0.2, 0) is 0 Å². The Morgan fingerprint density at radius 1 is 0.545 bits per heavy atom. The third-order valence-electron chi connectivity index (χ3n) is 7.18.